The predicted molar refractivity (Wildman–Crippen MR) is 172 cm³/mol. The van der Waals surface area contributed by atoms with Crippen LogP contribution in [-0.4, -0.2) is 80.2 Å². The number of nitrogens with zero attached hydrogens (tertiary/aromatic N) is 4. The van der Waals surface area contributed by atoms with E-state index in [0.717, 1.165) is 17.5 Å². The van der Waals surface area contributed by atoms with Gasteiger partial charge in [0.25, 0.3) is 5.91 Å². The van der Waals surface area contributed by atoms with Gasteiger partial charge in [-0.3, -0.25) is 14.4 Å². The van der Waals surface area contributed by atoms with Crippen LogP contribution in [0.3, 0.4) is 0 Å². The van der Waals surface area contributed by atoms with Gasteiger partial charge in [-0.05, 0) is 36.1 Å². The van der Waals surface area contributed by atoms with E-state index in [4.69, 9.17) is 14.9 Å². The third-order valence-electron chi connectivity index (χ3n) is 7.25. The van der Waals surface area contributed by atoms with Gasteiger partial charge < -0.3 is 30.0 Å². The third kappa shape index (κ3) is 7.39. The van der Waals surface area contributed by atoms with Gasteiger partial charge in [-0.1, -0.05) is 12.1 Å². The maximum absolute atomic E-state index is 13.3. The molecule has 4 heterocycles. The number of morpholine rings is 1. The topological polar surface area (TPSA) is 144 Å². The maximum atomic E-state index is 13.3. The average Bonchev–Trinajstić information content (AvgIpc) is 3.48. The normalized spacial score (nSPS) is 13.5. The Hall–Kier alpha value is -4.39. The molecule has 11 nitrogen and oxygen atoms in total. The zero-order chi connectivity index (χ0) is 31.1. The molecule has 0 spiro atoms. The summed E-state index contributed by atoms with van der Waals surface area (Å²) in [7, 11) is 3.39. The number of carbonyl (C=O) groups is 2. The Balaban J connectivity index is 1.36. The van der Waals surface area contributed by atoms with Crippen LogP contribution in [0.15, 0.2) is 57.3 Å². The highest BCUT2D eigenvalue weighted by molar-refractivity contribution is 7.17. The smallest absolute Gasteiger partial charge is 0.251 e. The van der Waals surface area contributed by atoms with Gasteiger partial charge in [0, 0.05) is 93.3 Å². The average molecular weight is 617 g/mol. The fourth-order valence-corrected chi connectivity index (χ4v) is 5.76. The fourth-order valence-electron chi connectivity index (χ4n) is 4.85. The van der Waals surface area contributed by atoms with Gasteiger partial charge in [0.2, 0.25) is 11.3 Å². The molecule has 3 aromatic heterocycles. The number of hydrogen-bond acceptors (Lipinski definition) is 10. The van der Waals surface area contributed by atoms with Crippen LogP contribution < -0.4 is 21.4 Å². The first-order chi connectivity index (χ1) is 21.3. The van der Waals surface area contributed by atoms with E-state index in [1.54, 1.807) is 32.6 Å². The molecular formula is C32H36N6O5S. The molecule has 5 rings (SSSR count). The Morgan fingerprint density at radius 1 is 1.11 bits per heavy atom. The molecule has 0 saturated carbocycles. The summed E-state index contributed by atoms with van der Waals surface area (Å²) in [5.41, 5.74) is 9.66. The maximum Gasteiger partial charge on any atom is 0.251 e. The SMILES string of the molecule is CN(C)C(=O)/C=C/c1cnc(CCCc2ccc(-c3csc4c(=O)cc(N5CCOCC5)oc34)c(C(=O)NCCN)c2)nc1. The van der Waals surface area contributed by atoms with Crippen LogP contribution in [-0.2, 0) is 22.4 Å². The van der Waals surface area contributed by atoms with Gasteiger partial charge in [-0.25, -0.2) is 9.97 Å². The van der Waals surface area contributed by atoms with Crippen molar-refractivity contribution in [3.8, 4) is 11.1 Å². The van der Waals surface area contributed by atoms with E-state index in [1.165, 1.54) is 28.4 Å². The minimum Gasteiger partial charge on any atom is -0.439 e. The minimum absolute atomic E-state index is 0.106. The molecule has 44 heavy (non-hydrogen) atoms. The van der Waals surface area contributed by atoms with E-state index in [9.17, 15) is 14.4 Å². The first-order valence-corrected chi connectivity index (χ1v) is 15.4. The second-order valence-electron chi connectivity index (χ2n) is 10.6. The van der Waals surface area contributed by atoms with Crippen LogP contribution >= 0.6 is 11.3 Å². The molecule has 230 valence electrons. The van der Waals surface area contributed by atoms with Crippen LogP contribution in [0.1, 0.15) is 33.7 Å². The van der Waals surface area contributed by atoms with Crippen LogP contribution in [0.5, 0.6) is 0 Å². The van der Waals surface area contributed by atoms with Gasteiger partial charge in [-0.15, -0.1) is 11.3 Å². The Morgan fingerprint density at radius 3 is 2.61 bits per heavy atom. The number of aryl methyl sites for hydroxylation is 2. The van der Waals surface area contributed by atoms with Gasteiger partial charge in [-0.2, -0.15) is 0 Å². The second-order valence-corrected chi connectivity index (χ2v) is 11.5. The molecule has 1 saturated heterocycles. The number of rotatable bonds is 11. The van der Waals surface area contributed by atoms with E-state index in [1.807, 2.05) is 28.5 Å². The van der Waals surface area contributed by atoms with Gasteiger partial charge in [0.1, 0.15) is 10.5 Å². The van der Waals surface area contributed by atoms with Crippen molar-refractivity contribution < 1.29 is 18.7 Å². The van der Waals surface area contributed by atoms with Gasteiger partial charge >= 0.3 is 0 Å². The first-order valence-electron chi connectivity index (χ1n) is 14.5. The van der Waals surface area contributed by atoms with Crippen LogP contribution in [0.4, 0.5) is 5.88 Å². The van der Waals surface area contributed by atoms with Crippen molar-refractivity contribution in [2.75, 3.05) is 58.4 Å². The van der Waals surface area contributed by atoms with Crippen LogP contribution in [0.2, 0.25) is 0 Å². The standard InChI is InChI=1S/C32H36N6O5S/c1-37(2)28(40)9-7-22-18-35-27(36-19-22)5-3-4-21-6-8-23(24(16-21)32(41)34-11-10-33)25-20-44-31-26(39)17-29(43-30(25)31)38-12-14-42-15-13-38/h6-9,16-20H,3-5,10-15,33H2,1-2H3,(H,34,41)/b9-7+. The molecule has 0 unspecified atom stereocenters. The molecule has 1 aliphatic rings. The predicted octanol–water partition coefficient (Wildman–Crippen LogP) is 3.11. The number of nitrogens with one attached hydrogen (secondary N) is 1. The van der Waals surface area contributed by atoms with Crippen molar-refractivity contribution in [2.24, 2.45) is 5.73 Å². The summed E-state index contributed by atoms with van der Waals surface area (Å²) in [6.45, 7) is 3.08. The summed E-state index contributed by atoms with van der Waals surface area (Å²) in [4.78, 5) is 50.4. The molecule has 4 aromatic rings. The number of fused-ring (bicyclic) bond motifs is 1. The minimum atomic E-state index is -0.238. The Bertz CT molecular complexity index is 1710. The number of carbonyl (C=O) groups excluding carboxylic acids is 2. The van der Waals surface area contributed by atoms with Crippen molar-refractivity contribution in [1.82, 2.24) is 20.2 Å². The lowest BCUT2D eigenvalue weighted by Crippen LogP contribution is -2.36. The fraction of sp³-hybridized carbons (Fsp3) is 0.344. The van der Waals surface area contributed by atoms with Gasteiger partial charge in [0.15, 0.2) is 11.5 Å². The number of thiophene rings is 1. The third-order valence-corrected chi connectivity index (χ3v) is 8.23. The molecule has 3 N–H and O–H groups in total. The molecule has 0 aliphatic carbocycles. The quantitative estimate of drug-likeness (QED) is 0.243. The molecular weight excluding hydrogens is 580 g/mol. The molecule has 2 amide bonds. The van der Waals surface area contributed by atoms with E-state index in [2.05, 4.69) is 15.3 Å². The Labute approximate surface area is 259 Å². The summed E-state index contributed by atoms with van der Waals surface area (Å²) in [6.07, 6.45) is 8.71. The largest absolute Gasteiger partial charge is 0.439 e. The molecule has 0 radical (unpaired) electrons. The molecule has 12 heteroatoms. The highest BCUT2D eigenvalue weighted by Crippen LogP contribution is 2.37. The Kier molecular flexibility index (Phi) is 10.2. The summed E-state index contributed by atoms with van der Waals surface area (Å²) in [5, 5.41) is 4.76. The lowest BCUT2D eigenvalue weighted by atomic mass is 9.96. The summed E-state index contributed by atoms with van der Waals surface area (Å²) >= 11 is 1.31. The zero-order valence-corrected chi connectivity index (χ0v) is 25.7. The number of benzene rings is 1. The zero-order valence-electron chi connectivity index (χ0n) is 24.9. The highest BCUT2D eigenvalue weighted by atomic mass is 32.1. The van der Waals surface area contributed by atoms with E-state index in [0.29, 0.717) is 90.9 Å². The number of hydrogen-bond donors (Lipinski definition) is 2. The van der Waals surface area contributed by atoms with E-state index >= 15 is 0 Å². The first kappa shape index (κ1) is 31.0. The molecule has 0 bridgehead atoms. The number of aromatic nitrogens is 2. The number of ether oxygens (including phenoxy) is 1. The summed E-state index contributed by atoms with van der Waals surface area (Å²) < 4.78 is 12.3. The molecule has 1 aliphatic heterocycles. The number of anilines is 1. The molecule has 1 aromatic carbocycles. The molecule has 1 fully saturated rings. The van der Waals surface area contributed by atoms with E-state index < -0.39 is 0 Å². The molecule has 0 atom stereocenters. The van der Waals surface area contributed by atoms with Crippen molar-refractivity contribution in [3.63, 3.8) is 0 Å². The second kappa shape index (κ2) is 14.4. The summed E-state index contributed by atoms with van der Waals surface area (Å²) in [5.74, 6) is 0.864. The van der Waals surface area contributed by atoms with Gasteiger partial charge in [0.05, 0.1) is 13.2 Å². The number of nitrogens with two attached hydrogens (primary N) is 1. The summed E-state index contributed by atoms with van der Waals surface area (Å²) in [6, 6.07) is 7.35. The number of likely N-dealkylation sites (N-methyl/N-ethyl adjacent to an activating group) is 1. The highest BCUT2D eigenvalue weighted by Gasteiger charge is 2.22. The number of amides is 2. The monoisotopic (exact) mass is 616 g/mol. The van der Waals surface area contributed by atoms with Crippen LogP contribution in [0, 0.1) is 0 Å². The lowest BCUT2D eigenvalue weighted by molar-refractivity contribution is -0.123. The Morgan fingerprint density at radius 2 is 1.89 bits per heavy atom. The van der Waals surface area contributed by atoms with Crippen molar-refractivity contribution in [2.45, 2.75) is 19.3 Å². The lowest BCUT2D eigenvalue weighted by Gasteiger charge is -2.27. The van der Waals surface area contributed by atoms with E-state index in [-0.39, 0.29) is 17.2 Å². The van der Waals surface area contributed by atoms with Crippen molar-refractivity contribution in [1.29, 1.82) is 0 Å². The van der Waals surface area contributed by atoms with Crippen molar-refractivity contribution in [3.05, 3.63) is 80.9 Å². The van der Waals surface area contributed by atoms with Crippen molar-refractivity contribution >= 4 is 45.4 Å². The van der Waals surface area contributed by atoms with Crippen LogP contribution in [0.25, 0.3) is 27.5 Å².